The number of nitrogens with one attached hydrogen (secondary N) is 1. The Morgan fingerprint density at radius 3 is 2.60 bits per heavy atom. The molecule has 2 amide bonds. The topological polar surface area (TPSA) is 93.0 Å². The molecule has 1 atom stereocenters. The van der Waals surface area contributed by atoms with Gasteiger partial charge in [0, 0.05) is 38.3 Å². The molecule has 1 unspecified atom stereocenters. The minimum absolute atomic E-state index is 0.0891. The lowest BCUT2D eigenvalue weighted by atomic mass is 9.76. The molecule has 4 rings (SSSR count). The third kappa shape index (κ3) is 3.94. The molecule has 0 radical (unpaired) electrons. The fourth-order valence-corrected chi connectivity index (χ4v) is 4.67. The average molecular weight is 415 g/mol. The Morgan fingerprint density at radius 1 is 1.23 bits per heavy atom. The Balaban J connectivity index is 1.36. The molecular formula is C21H29N5O4. The number of hydrogen-bond acceptors (Lipinski definition) is 7. The van der Waals surface area contributed by atoms with E-state index >= 15 is 0 Å². The summed E-state index contributed by atoms with van der Waals surface area (Å²) in [5.74, 6) is 2.58. The van der Waals surface area contributed by atoms with Crippen molar-refractivity contribution in [3.63, 3.8) is 0 Å². The van der Waals surface area contributed by atoms with Crippen molar-refractivity contribution in [3.05, 3.63) is 29.9 Å². The molecule has 1 spiro atoms. The van der Waals surface area contributed by atoms with Gasteiger partial charge in [0.1, 0.15) is 0 Å². The van der Waals surface area contributed by atoms with Crippen molar-refractivity contribution in [2.45, 2.75) is 32.2 Å². The van der Waals surface area contributed by atoms with Gasteiger partial charge in [-0.1, -0.05) is 5.16 Å². The summed E-state index contributed by atoms with van der Waals surface area (Å²) in [7, 11) is 5.28. The SMILES string of the molecule is COc1ccc(NC(=O)N2CCC3(CC2)CC(c2noc(C)n2)N(C)C3)cc1OC. The number of nitrogens with zero attached hydrogens (tertiary/aromatic N) is 4. The Bertz CT molecular complexity index is 907. The van der Waals surface area contributed by atoms with E-state index < -0.39 is 0 Å². The zero-order chi connectivity index (χ0) is 21.3. The summed E-state index contributed by atoms with van der Waals surface area (Å²) in [4.78, 5) is 21.4. The fraction of sp³-hybridized carbons (Fsp3) is 0.571. The van der Waals surface area contributed by atoms with Crippen LogP contribution in [0.3, 0.4) is 0 Å². The normalized spacial score (nSPS) is 21.1. The number of carbonyl (C=O) groups excluding carboxylic acids is 1. The highest BCUT2D eigenvalue weighted by atomic mass is 16.5. The second kappa shape index (κ2) is 8.14. The molecule has 2 aliphatic heterocycles. The summed E-state index contributed by atoms with van der Waals surface area (Å²) in [5, 5.41) is 7.09. The van der Waals surface area contributed by atoms with E-state index in [1.54, 1.807) is 26.4 Å². The van der Waals surface area contributed by atoms with Crippen LogP contribution in [0.5, 0.6) is 11.5 Å². The quantitative estimate of drug-likeness (QED) is 0.820. The summed E-state index contributed by atoms with van der Waals surface area (Å²) in [6, 6.07) is 5.46. The van der Waals surface area contributed by atoms with Crippen LogP contribution in [-0.4, -0.2) is 66.9 Å². The smallest absolute Gasteiger partial charge is 0.321 e. The number of anilines is 1. The lowest BCUT2D eigenvalue weighted by Crippen LogP contribution is -2.45. The zero-order valence-corrected chi connectivity index (χ0v) is 18.0. The van der Waals surface area contributed by atoms with E-state index in [4.69, 9.17) is 14.0 Å². The van der Waals surface area contributed by atoms with E-state index in [0.29, 0.717) is 23.1 Å². The number of aryl methyl sites for hydroxylation is 1. The van der Waals surface area contributed by atoms with Gasteiger partial charge in [-0.15, -0.1) is 0 Å². The van der Waals surface area contributed by atoms with Gasteiger partial charge in [-0.05, 0) is 43.9 Å². The number of carbonyl (C=O) groups is 1. The van der Waals surface area contributed by atoms with E-state index in [-0.39, 0.29) is 17.5 Å². The number of amides is 2. The average Bonchev–Trinajstić information content (AvgIpc) is 3.31. The van der Waals surface area contributed by atoms with Gasteiger partial charge in [0.25, 0.3) is 0 Å². The first-order valence-electron chi connectivity index (χ1n) is 10.2. The highest BCUT2D eigenvalue weighted by Gasteiger charge is 2.46. The summed E-state index contributed by atoms with van der Waals surface area (Å²) in [5.41, 5.74) is 0.875. The summed E-state index contributed by atoms with van der Waals surface area (Å²) in [6.07, 6.45) is 2.92. The standard InChI is InChI=1S/C21H29N5O4/c1-14-22-19(24-30-14)16-12-21(13-25(16)2)7-9-26(10-8-21)20(27)23-15-5-6-17(28-3)18(11-15)29-4/h5-6,11,16H,7-10,12-13H2,1-4H3,(H,23,27). The largest absolute Gasteiger partial charge is 0.493 e. The van der Waals surface area contributed by atoms with E-state index in [1.165, 1.54) is 0 Å². The molecule has 162 valence electrons. The van der Waals surface area contributed by atoms with Gasteiger partial charge in [0.05, 0.1) is 20.3 Å². The van der Waals surface area contributed by atoms with Crippen molar-refractivity contribution in [2.24, 2.45) is 5.41 Å². The number of methoxy groups -OCH3 is 2. The number of hydrogen-bond donors (Lipinski definition) is 1. The molecule has 2 aliphatic rings. The van der Waals surface area contributed by atoms with Crippen LogP contribution < -0.4 is 14.8 Å². The van der Waals surface area contributed by atoms with Gasteiger partial charge < -0.3 is 24.2 Å². The molecule has 0 aliphatic carbocycles. The molecule has 2 fully saturated rings. The van der Waals surface area contributed by atoms with Crippen molar-refractivity contribution < 1.29 is 18.8 Å². The Morgan fingerprint density at radius 2 is 1.97 bits per heavy atom. The molecule has 9 heteroatoms. The predicted octanol–water partition coefficient (Wildman–Crippen LogP) is 3.09. The van der Waals surface area contributed by atoms with Gasteiger partial charge >= 0.3 is 6.03 Å². The lowest BCUT2D eigenvalue weighted by Gasteiger charge is -2.39. The maximum absolute atomic E-state index is 12.8. The molecule has 1 aromatic carbocycles. The second-order valence-corrected chi connectivity index (χ2v) is 8.29. The molecular weight excluding hydrogens is 386 g/mol. The highest BCUT2D eigenvalue weighted by molar-refractivity contribution is 5.89. The lowest BCUT2D eigenvalue weighted by molar-refractivity contribution is 0.128. The third-order valence-corrected chi connectivity index (χ3v) is 6.33. The first-order chi connectivity index (χ1) is 14.4. The number of aromatic nitrogens is 2. The number of piperidine rings is 1. The van der Waals surface area contributed by atoms with Crippen LogP contribution in [0.1, 0.15) is 37.0 Å². The Hall–Kier alpha value is -2.81. The van der Waals surface area contributed by atoms with E-state index in [9.17, 15) is 4.79 Å². The number of urea groups is 1. The molecule has 1 N–H and O–H groups in total. The van der Waals surface area contributed by atoms with Crippen molar-refractivity contribution in [1.29, 1.82) is 0 Å². The van der Waals surface area contributed by atoms with Crippen molar-refractivity contribution in [2.75, 3.05) is 46.2 Å². The Labute approximate surface area is 176 Å². The summed E-state index contributed by atoms with van der Waals surface area (Å²) in [6.45, 7) is 4.25. The molecule has 9 nitrogen and oxygen atoms in total. The van der Waals surface area contributed by atoms with Gasteiger partial charge in [-0.25, -0.2) is 4.79 Å². The number of ether oxygens (including phenoxy) is 2. The van der Waals surface area contributed by atoms with Crippen LogP contribution in [0, 0.1) is 12.3 Å². The third-order valence-electron chi connectivity index (χ3n) is 6.33. The molecule has 1 aromatic heterocycles. The first kappa shape index (κ1) is 20.5. The van der Waals surface area contributed by atoms with Gasteiger partial charge in [-0.3, -0.25) is 4.90 Å². The van der Waals surface area contributed by atoms with Gasteiger partial charge in [0.2, 0.25) is 5.89 Å². The highest BCUT2D eigenvalue weighted by Crippen LogP contribution is 2.47. The molecule has 2 aromatic rings. The predicted molar refractivity (Wildman–Crippen MR) is 111 cm³/mol. The molecule has 2 saturated heterocycles. The number of rotatable bonds is 4. The van der Waals surface area contributed by atoms with Crippen LogP contribution in [0.25, 0.3) is 0 Å². The second-order valence-electron chi connectivity index (χ2n) is 8.29. The van der Waals surface area contributed by atoms with E-state index in [1.807, 2.05) is 17.9 Å². The fourth-order valence-electron chi connectivity index (χ4n) is 4.67. The molecule has 3 heterocycles. The minimum Gasteiger partial charge on any atom is -0.493 e. The molecule has 30 heavy (non-hydrogen) atoms. The van der Waals surface area contributed by atoms with Gasteiger partial charge in [0.15, 0.2) is 17.3 Å². The van der Waals surface area contributed by atoms with Crippen molar-refractivity contribution in [1.82, 2.24) is 19.9 Å². The monoisotopic (exact) mass is 415 g/mol. The van der Waals surface area contributed by atoms with Crippen LogP contribution in [0.15, 0.2) is 22.7 Å². The van der Waals surface area contributed by atoms with Crippen LogP contribution in [0.2, 0.25) is 0 Å². The van der Waals surface area contributed by atoms with E-state index in [0.717, 1.165) is 44.7 Å². The van der Waals surface area contributed by atoms with Crippen LogP contribution >= 0.6 is 0 Å². The van der Waals surface area contributed by atoms with Crippen molar-refractivity contribution in [3.8, 4) is 11.5 Å². The Kier molecular flexibility index (Phi) is 5.55. The summed E-state index contributed by atoms with van der Waals surface area (Å²) >= 11 is 0. The number of likely N-dealkylation sites (tertiary alicyclic amines) is 2. The van der Waals surface area contributed by atoms with Gasteiger partial charge in [-0.2, -0.15) is 4.98 Å². The summed E-state index contributed by atoms with van der Waals surface area (Å²) < 4.78 is 15.7. The number of benzene rings is 1. The maximum Gasteiger partial charge on any atom is 0.321 e. The molecule has 0 bridgehead atoms. The van der Waals surface area contributed by atoms with Crippen molar-refractivity contribution >= 4 is 11.7 Å². The zero-order valence-electron chi connectivity index (χ0n) is 18.0. The first-order valence-corrected chi connectivity index (χ1v) is 10.2. The molecule has 0 saturated carbocycles. The minimum atomic E-state index is -0.0891. The maximum atomic E-state index is 12.8. The van der Waals surface area contributed by atoms with Crippen LogP contribution in [-0.2, 0) is 0 Å². The van der Waals surface area contributed by atoms with E-state index in [2.05, 4.69) is 27.4 Å². The van der Waals surface area contributed by atoms with Crippen LogP contribution in [0.4, 0.5) is 10.5 Å².